The van der Waals surface area contributed by atoms with Crippen molar-refractivity contribution in [3.8, 4) is 0 Å². The van der Waals surface area contributed by atoms with Crippen molar-refractivity contribution in [2.24, 2.45) is 0 Å². The van der Waals surface area contributed by atoms with Crippen LogP contribution in [0.5, 0.6) is 0 Å². The molecule has 0 aliphatic heterocycles. The molecule has 0 saturated heterocycles. The maximum atomic E-state index is 12.2. The molecule has 0 spiro atoms. The number of alkyl halides is 3. The van der Waals surface area contributed by atoms with Crippen molar-refractivity contribution in [3.05, 3.63) is 29.8 Å². The first-order chi connectivity index (χ1) is 7.43. The molecule has 0 aliphatic carbocycles. The molecule has 1 rings (SSSR count). The maximum absolute atomic E-state index is 12.2. The van der Waals surface area contributed by atoms with E-state index in [-0.39, 0.29) is 6.54 Å². The van der Waals surface area contributed by atoms with E-state index in [1.54, 1.807) is 0 Å². The summed E-state index contributed by atoms with van der Waals surface area (Å²) in [6, 6.07) is 4.45. The second-order valence-electron chi connectivity index (χ2n) is 3.29. The number of benzene rings is 1. The summed E-state index contributed by atoms with van der Waals surface area (Å²) in [5.41, 5.74) is -0.263. The molecule has 16 heavy (non-hydrogen) atoms. The van der Waals surface area contributed by atoms with E-state index in [1.165, 1.54) is 12.1 Å². The molecule has 0 aromatic heterocycles. The molecule has 1 aromatic rings. The van der Waals surface area contributed by atoms with Gasteiger partial charge in [-0.15, -0.1) is 0 Å². The molecule has 0 radical (unpaired) electrons. The molecule has 6 heteroatoms. The topological polar surface area (TPSA) is 52.5 Å². The zero-order chi connectivity index (χ0) is 12.2. The number of rotatable bonds is 4. The van der Waals surface area contributed by atoms with Crippen LogP contribution in [0, 0.1) is 0 Å². The van der Waals surface area contributed by atoms with Gasteiger partial charge in [0.05, 0.1) is 18.3 Å². The van der Waals surface area contributed by atoms with E-state index in [9.17, 15) is 13.2 Å². The number of aliphatic hydroxyl groups excluding tert-OH is 2. The second kappa shape index (κ2) is 5.18. The van der Waals surface area contributed by atoms with Crippen molar-refractivity contribution in [3.63, 3.8) is 0 Å². The summed E-state index contributed by atoms with van der Waals surface area (Å²) in [5, 5.41) is 20.2. The Bertz CT molecular complexity index is 324. The molecule has 3 N–H and O–H groups in total. The number of nitrogens with one attached hydrogen (secondary N) is 1. The third kappa shape index (κ3) is 3.71. The minimum atomic E-state index is -4.34. The van der Waals surface area contributed by atoms with Gasteiger partial charge in [-0.25, -0.2) is 0 Å². The number of halogens is 3. The normalized spacial score (nSPS) is 13.6. The summed E-state index contributed by atoms with van der Waals surface area (Å²) in [6.07, 6.45) is -5.27. The van der Waals surface area contributed by atoms with E-state index < -0.39 is 24.5 Å². The van der Waals surface area contributed by atoms with E-state index >= 15 is 0 Å². The molecule has 0 bridgehead atoms. The van der Waals surface area contributed by atoms with Gasteiger partial charge in [-0.1, -0.05) is 0 Å². The maximum Gasteiger partial charge on any atom is 0.416 e. The van der Waals surface area contributed by atoms with Gasteiger partial charge in [0.1, 0.15) is 0 Å². The Labute approximate surface area is 90.5 Å². The molecule has 0 saturated carbocycles. The van der Waals surface area contributed by atoms with Crippen LogP contribution in [0.15, 0.2) is 24.3 Å². The predicted octanol–water partition coefficient (Wildman–Crippen LogP) is 1.47. The summed E-state index contributed by atoms with van der Waals surface area (Å²) < 4.78 is 36.6. The monoisotopic (exact) mass is 235 g/mol. The van der Waals surface area contributed by atoms with Crippen LogP contribution in [0.2, 0.25) is 0 Å². The molecule has 3 nitrogen and oxygen atoms in total. The van der Waals surface area contributed by atoms with Crippen LogP contribution >= 0.6 is 0 Å². The van der Waals surface area contributed by atoms with Gasteiger partial charge in [0.15, 0.2) is 0 Å². The van der Waals surface area contributed by atoms with E-state index in [1.807, 2.05) is 0 Å². The van der Waals surface area contributed by atoms with Gasteiger partial charge in [0.25, 0.3) is 0 Å². The van der Waals surface area contributed by atoms with E-state index in [4.69, 9.17) is 10.2 Å². The predicted molar refractivity (Wildman–Crippen MR) is 53.0 cm³/mol. The molecule has 0 amide bonds. The Balaban J connectivity index is 2.58. The van der Waals surface area contributed by atoms with Crippen molar-refractivity contribution < 1.29 is 23.4 Å². The quantitative estimate of drug-likeness (QED) is 0.740. The van der Waals surface area contributed by atoms with Gasteiger partial charge in [0, 0.05) is 12.2 Å². The van der Waals surface area contributed by atoms with Crippen LogP contribution in [0.4, 0.5) is 18.9 Å². The zero-order valence-electron chi connectivity index (χ0n) is 8.33. The van der Waals surface area contributed by atoms with Crippen molar-refractivity contribution >= 4 is 5.69 Å². The highest BCUT2D eigenvalue weighted by Crippen LogP contribution is 2.29. The SMILES string of the molecule is OCC(O)CNc1ccc(C(F)(F)F)cc1. The highest BCUT2D eigenvalue weighted by molar-refractivity contribution is 5.45. The van der Waals surface area contributed by atoms with Gasteiger partial charge < -0.3 is 15.5 Å². The number of anilines is 1. The Morgan fingerprint density at radius 1 is 1.19 bits per heavy atom. The van der Waals surface area contributed by atoms with Crippen LogP contribution < -0.4 is 5.32 Å². The third-order valence-electron chi connectivity index (χ3n) is 1.96. The summed E-state index contributed by atoms with van der Waals surface area (Å²) in [4.78, 5) is 0. The Hall–Kier alpha value is -1.27. The lowest BCUT2D eigenvalue weighted by Crippen LogP contribution is -2.22. The molecule has 0 fully saturated rings. The van der Waals surface area contributed by atoms with E-state index in [0.717, 1.165) is 12.1 Å². The minimum absolute atomic E-state index is 0.0852. The highest BCUT2D eigenvalue weighted by atomic mass is 19.4. The average molecular weight is 235 g/mol. The first kappa shape index (κ1) is 12.8. The largest absolute Gasteiger partial charge is 0.416 e. The van der Waals surface area contributed by atoms with Gasteiger partial charge in [-0.3, -0.25) is 0 Å². The highest BCUT2D eigenvalue weighted by Gasteiger charge is 2.29. The van der Waals surface area contributed by atoms with Crippen LogP contribution in [-0.4, -0.2) is 29.5 Å². The van der Waals surface area contributed by atoms with Gasteiger partial charge in [-0.05, 0) is 24.3 Å². The van der Waals surface area contributed by atoms with Gasteiger partial charge >= 0.3 is 6.18 Å². The lowest BCUT2D eigenvalue weighted by Gasteiger charge is -2.11. The van der Waals surface area contributed by atoms with Crippen LogP contribution in [0.25, 0.3) is 0 Å². The summed E-state index contributed by atoms with van der Waals surface area (Å²) in [7, 11) is 0. The van der Waals surface area contributed by atoms with Crippen molar-refractivity contribution in [1.29, 1.82) is 0 Å². The Morgan fingerprint density at radius 2 is 1.75 bits per heavy atom. The Kier molecular flexibility index (Phi) is 4.14. The van der Waals surface area contributed by atoms with Gasteiger partial charge in [0.2, 0.25) is 0 Å². The van der Waals surface area contributed by atoms with Crippen molar-refractivity contribution in [2.75, 3.05) is 18.5 Å². The fraction of sp³-hybridized carbons (Fsp3) is 0.400. The number of hydrogen-bond donors (Lipinski definition) is 3. The second-order valence-corrected chi connectivity index (χ2v) is 3.29. The summed E-state index contributed by atoms with van der Waals surface area (Å²) in [5.74, 6) is 0. The molecule has 1 aromatic carbocycles. The lowest BCUT2D eigenvalue weighted by molar-refractivity contribution is -0.137. The van der Waals surface area contributed by atoms with E-state index in [0.29, 0.717) is 5.69 Å². The zero-order valence-corrected chi connectivity index (χ0v) is 8.33. The molecule has 90 valence electrons. The number of hydrogen-bond acceptors (Lipinski definition) is 3. The van der Waals surface area contributed by atoms with Gasteiger partial charge in [-0.2, -0.15) is 13.2 Å². The van der Waals surface area contributed by atoms with Crippen molar-refractivity contribution in [1.82, 2.24) is 0 Å². The average Bonchev–Trinajstić information content (AvgIpc) is 2.25. The molecule has 0 heterocycles. The van der Waals surface area contributed by atoms with Crippen LogP contribution in [0.3, 0.4) is 0 Å². The van der Waals surface area contributed by atoms with Crippen LogP contribution in [-0.2, 0) is 6.18 Å². The number of aliphatic hydroxyl groups is 2. The summed E-state index contributed by atoms with van der Waals surface area (Å²) >= 11 is 0. The van der Waals surface area contributed by atoms with Crippen LogP contribution in [0.1, 0.15) is 5.56 Å². The first-order valence-corrected chi connectivity index (χ1v) is 4.63. The molecule has 1 atom stereocenters. The minimum Gasteiger partial charge on any atom is -0.394 e. The molecular formula is C10H12F3NO2. The Morgan fingerprint density at radius 3 is 2.19 bits per heavy atom. The summed E-state index contributed by atoms with van der Waals surface area (Å²) in [6.45, 7) is -0.310. The van der Waals surface area contributed by atoms with Crippen molar-refractivity contribution in [2.45, 2.75) is 12.3 Å². The fourth-order valence-corrected chi connectivity index (χ4v) is 1.08. The lowest BCUT2D eigenvalue weighted by atomic mass is 10.2. The molecule has 0 aliphatic rings. The molecule has 1 unspecified atom stereocenters. The standard InChI is InChI=1S/C10H12F3NO2/c11-10(12,13)7-1-3-8(4-2-7)14-5-9(16)6-15/h1-4,9,14-16H,5-6H2. The van der Waals surface area contributed by atoms with E-state index in [2.05, 4.69) is 5.32 Å². The fourth-order valence-electron chi connectivity index (χ4n) is 1.08. The smallest absolute Gasteiger partial charge is 0.394 e. The first-order valence-electron chi connectivity index (χ1n) is 4.63. The third-order valence-corrected chi connectivity index (χ3v) is 1.96. The molecular weight excluding hydrogens is 223 g/mol.